The second-order valence-corrected chi connectivity index (χ2v) is 6.04. The summed E-state index contributed by atoms with van der Waals surface area (Å²) >= 11 is 1.69. The average molecular weight is 324 g/mol. The van der Waals surface area contributed by atoms with Crippen LogP contribution in [-0.4, -0.2) is 10.2 Å². The second kappa shape index (κ2) is 6.67. The first-order valence-corrected chi connectivity index (χ1v) is 8.34. The van der Waals surface area contributed by atoms with E-state index in [1.165, 1.54) is 17.3 Å². The smallest absolute Gasteiger partial charge is 0.262 e. The van der Waals surface area contributed by atoms with Gasteiger partial charge in [0.1, 0.15) is 6.54 Å². The van der Waals surface area contributed by atoms with Gasteiger partial charge in [-0.25, -0.2) is 0 Å². The minimum atomic E-state index is -0.105. The van der Waals surface area contributed by atoms with Crippen molar-refractivity contribution in [3.05, 3.63) is 64.5 Å². The largest absolute Gasteiger partial charge is 0.504 e. The van der Waals surface area contributed by atoms with Gasteiger partial charge in [0.15, 0.2) is 11.5 Å². The Hall–Kier alpha value is -2.59. The Kier molecular flexibility index (Phi) is 4.44. The van der Waals surface area contributed by atoms with Gasteiger partial charge in [-0.2, -0.15) is 4.57 Å². The van der Waals surface area contributed by atoms with Crippen LogP contribution in [0.25, 0.3) is 23.4 Å². The number of hydrogen-bond donors (Lipinski definition) is 2. The van der Waals surface area contributed by atoms with E-state index in [4.69, 9.17) is 0 Å². The summed E-state index contributed by atoms with van der Waals surface area (Å²) in [6.45, 7) is 3.01. The molecule has 0 aliphatic heterocycles. The van der Waals surface area contributed by atoms with E-state index in [0.29, 0.717) is 0 Å². The lowest BCUT2D eigenvalue weighted by atomic mass is 10.1. The van der Waals surface area contributed by atoms with Gasteiger partial charge in [-0.15, -0.1) is 0 Å². The van der Waals surface area contributed by atoms with Crippen LogP contribution in [0, 0.1) is 0 Å². The first-order valence-electron chi connectivity index (χ1n) is 7.46. The highest BCUT2D eigenvalue weighted by molar-refractivity contribution is 7.10. The summed E-state index contributed by atoms with van der Waals surface area (Å²) in [6, 6.07) is 15.1. The van der Waals surface area contributed by atoms with Crippen molar-refractivity contribution in [3.63, 3.8) is 0 Å². The van der Waals surface area contributed by atoms with Crippen molar-refractivity contribution >= 4 is 23.5 Å². The highest BCUT2D eigenvalue weighted by atomic mass is 32.1. The maximum Gasteiger partial charge on any atom is 0.262 e. The Morgan fingerprint density at radius 2 is 1.78 bits per heavy atom. The third-order valence-electron chi connectivity index (χ3n) is 3.65. The number of hydrogen-bond acceptors (Lipinski definition) is 3. The number of thiazole rings is 1. The fourth-order valence-electron chi connectivity index (χ4n) is 2.46. The maximum absolute atomic E-state index is 9.56. The summed E-state index contributed by atoms with van der Waals surface area (Å²) in [7, 11) is 0. The molecule has 0 spiro atoms. The molecule has 2 aromatic carbocycles. The number of aromatic hydroxyl groups is 2. The summed E-state index contributed by atoms with van der Waals surface area (Å²) in [5, 5.41) is 22.2. The molecule has 0 amide bonds. The van der Waals surface area contributed by atoms with E-state index in [1.54, 1.807) is 23.5 Å². The van der Waals surface area contributed by atoms with Crippen molar-refractivity contribution in [3.8, 4) is 22.8 Å². The number of rotatable bonds is 4. The van der Waals surface area contributed by atoms with E-state index in [9.17, 15) is 10.2 Å². The minimum Gasteiger partial charge on any atom is -0.504 e. The summed E-state index contributed by atoms with van der Waals surface area (Å²) in [5.74, 6) is -0.208. The van der Waals surface area contributed by atoms with Gasteiger partial charge in [-0.3, -0.25) is 0 Å². The summed E-state index contributed by atoms with van der Waals surface area (Å²) < 4.78 is 2.26. The van der Waals surface area contributed by atoms with Crippen molar-refractivity contribution < 1.29 is 14.8 Å². The van der Waals surface area contributed by atoms with Gasteiger partial charge in [0.05, 0.1) is 5.38 Å². The van der Waals surface area contributed by atoms with Crippen molar-refractivity contribution in [2.24, 2.45) is 0 Å². The predicted octanol–water partition coefficient (Wildman–Crippen LogP) is 4.30. The molecule has 3 nitrogen and oxygen atoms in total. The van der Waals surface area contributed by atoms with Crippen molar-refractivity contribution in [1.82, 2.24) is 0 Å². The molecule has 1 aromatic heterocycles. The quantitative estimate of drug-likeness (QED) is 0.555. The molecule has 0 fully saturated rings. The molecule has 0 bridgehead atoms. The number of benzene rings is 2. The van der Waals surface area contributed by atoms with E-state index in [0.717, 1.165) is 17.1 Å². The standard InChI is InChI=1S/C19H17NO2S/c1-2-20-16(15-6-4-3-5-7-15)13-23-19(20)11-9-14-8-10-17(21)18(22)12-14/h3-13,22H,2H2,1H3/p+1. The van der Waals surface area contributed by atoms with Gasteiger partial charge >= 0.3 is 0 Å². The third-order valence-corrected chi connectivity index (χ3v) is 4.59. The van der Waals surface area contributed by atoms with Gasteiger partial charge in [0.2, 0.25) is 5.69 Å². The zero-order valence-electron chi connectivity index (χ0n) is 12.8. The Balaban J connectivity index is 1.93. The average Bonchev–Trinajstić information content (AvgIpc) is 2.99. The van der Waals surface area contributed by atoms with Crippen molar-refractivity contribution in [2.75, 3.05) is 0 Å². The summed E-state index contributed by atoms with van der Waals surface area (Å²) in [4.78, 5) is 0. The van der Waals surface area contributed by atoms with E-state index in [-0.39, 0.29) is 11.5 Å². The van der Waals surface area contributed by atoms with Crippen LogP contribution in [0.15, 0.2) is 53.9 Å². The maximum atomic E-state index is 9.56. The first-order chi connectivity index (χ1) is 11.2. The van der Waals surface area contributed by atoms with E-state index in [1.807, 2.05) is 30.4 Å². The molecule has 116 valence electrons. The van der Waals surface area contributed by atoms with Crippen molar-refractivity contribution in [1.29, 1.82) is 0 Å². The fraction of sp³-hybridized carbons (Fsp3) is 0.105. The van der Waals surface area contributed by atoms with E-state index >= 15 is 0 Å². The molecule has 3 rings (SSSR count). The molecule has 4 heteroatoms. The molecule has 1 heterocycles. The molecule has 0 aliphatic rings. The predicted molar refractivity (Wildman–Crippen MR) is 94.3 cm³/mol. The van der Waals surface area contributed by atoms with Crippen LogP contribution < -0.4 is 4.57 Å². The lowest BCUT2D eigenvalue weighted by Crippen LogP contribution is -2.35. The fourth-order valence-corrected chi connectivity index (χ4v) is 3.46. The molecule has 3 aromatic rings. The Bertz CT molecular complexity index is 838. The molecule has 2 N–H and O–H groups in total. The topological polar surface area (TPSA) is 44.3 Å². The van der Waals surface area contributed by atoms with Crippen LogP contribution in [0.3, 0.4) is 0 Å². The summed E-state index contributed by atoms with van der Waals surface area (Å²) in [5.41, 5.74) is 3.25. The lowest BCUT2D eigenvalue weighted by molar-refractivity contribution is -0.679. The molecule has 0 saturated carbocycles. The minimum absolute atomic E-state index is 0.103. The lowest BCUT2D eigenvalue weighted by Gasteiger charge is -1.99. The molecular formula is C19H18NO2S+. The van der Waals surface area contributed by atoms with Crippen LogP contribution in [0.2, 0.25) is 0 Å². The van der Waals surface area contributed by atoms with Gasteiger partial charge in [0.25, 0.3) is 5.01 Å². The van der Waals surface area contributed by atoms with E-state index < -0.39 is 0 Å². The van der Waals surface area contributed by atoms with Gasteiger partial charge in [-0.1, -0.05) is 35.6 Å². The van der Waals surface area contributed by atoms with Crippen LogP contribution in [-0.2, 0) is 6.54 Å². The Labute approximate surface area is 139 Å². The first kappa shape index (κ1) is 15.3. The van der Waals surface area contributed by atoms with Gasteiger partial charge in [-0.05, 0) is 42.8 Å². The van der Waals surface area contributed by atoms with Crippen LogP contribution in [0.5, 0.6) is 11.5 Å². The van der Waals surface area contributed by atoms with Gasteiger partial charge in [0, 0.05) is 11.6 Å². The van der Waals surface area contributed by atoms with Gasteiger partial charge < -0.3 is 10.2 Å². The molecule has 23 heavy (non-hydrogen) atoms. The zero-order chi connectivity index (χ0) is 16.2. The number of nitrogens with zero attached hydrogens (tertiary/aromatic N) is 1. The SMILES string of the molecule is CC[n+]1c(-c2ccccc2)csc1/C=C/c1ccc(O)c(O)c1. The molecule has 0 radical (unpaired) electrons. The zero-order valence-corrected chi connectivity index (χ0v) is 13.6. The number of phenolic OH excluding ortho intramolecular Hbond substituents is 2. The molecule has 0 saturated heterocycles. The Morgan fingerprint density at radius 1 is 1.00 bits per heavy atom. The highest BCUT2D eigenvalue weighted by Crippen LogP contribution is 2.26. The molecule has 0 atom stereocenters. The molecule has 0 aliphatic carbocycles. The molecular weight excluding hydrogens is 306 g/mol. The number of aromatic nitrogens is 1. The van der Waals surface area contributed by atoms with Crippen LogP contribution >= 0.6 is 11.3 Å². The third kappa shape index (κ3) is 3.27. The number of phenols is 2. The van der Waals surface area contributed by atoms with Crippen LogP contribution in [0.1, 0.15) is 17.5 Å². The highest BCUT2D eigenvalue weighted by Gasteiger charge is 2.18. The van der Waals surface area contributed by atoms with E-state index in [2.05, 4.69) is 29.0 Å². The summed E-state index contributed by atoms with van der Waals surface area (Å²) in [6.07, 6.45) is 3.97. The monoisotopic (exact) mass is 324 g/mol. The van der Waals surface area contributed by atoms with Crippen LogP contribution in [0.4, 0.5) is 0 Å². The molecule has 0 unspecified atom stereocenters. The second-order valence-electron chi connectivity index (χ2n) is 5.15. The van der Waals surface area contributed by atoms with Crippen molar-refractivity contribution in [2.45, 2.75) is 13.5 Å². The normalized spacial score (nSPS) is 11.2. The Morgan fingerprint density at radius 3 is 2.48 bits per heavy atom.